The molecule has 6 aromatic carbocycles. The summed E-state index contributed by atoms with van der Waals surface area (Å²) in [6.07, 6.45) is 9.92. The van der Waals surface area contributed by atoms with E-state index in [0.717, 1.165) is 73.3 Å². The molecule has 51 heavy (non-hydrogen) atoms. The molecule has 8 aromatic rings. The summed E-state index contributed by atoms with van der Waals surface area (Å²) >= 11 is 0. The van der Waals surface area contributed by atoms with E-state index in [2.05, 4.69) is 140 Å². The lowest BCUT2D eigenvalue weighted by Crippen LogP contribution is -2.11. The van der Waals surface area contributed by atoms with Gasteiger partial charge >= 0.3 is 0 Å². The fourth-order valence-electron chi connectivity index (χ4n) is 7.70. The van der Waals surface area contributed by atoms with Crippen LogP contribution in [-0.4, -0.2) is 10.3 Å². The van der Waals surface area contributed by atoms with Crippen LogP contribution in [0.15, 0.2) is 155 Å². The van der Waals surface area contributed by atoms with Gasteiger partial charge in [-0.05, 0) is 72.9 Å². The Balaban J connectivity index is 1.23. The van der Waals surface area contributed by atoms with E-state index >= 15 is 0 Å². The monoisotopic (exact) mass is 659 g/mol. The molecule has 1 aliphatic carbocycles. The Morgan fingerprint density at radius 2 is 1.55 bits per heavy atom. The van der Waals surface area contributed by atoms with Gasteiger partial charge in [0, 0.05) is 49.6 Å². The zero-order valence-corrected chi connectivity index (χ0v) is 28.7. The Hall–Kier alpha value is -6.39. The zero-order valence-electron chi connectivity index (χ0n) is 28.7. The standard InChI is InChI=1S/C47H37N3O/c1-30-14-9-10-19-36(30)45(48)31(2)46(33-16-6-3-7-17-33)49-29-34-18-13-23-43-44(34)40-28-35(25-27-42(40)51-43)50-41-22-12-11-21-38(41)39-26-24-32-15-5-4-8-20-37(32)47(39)50/h3,5-28H,4,29,48H2,1-2H3/b45-31-,49-46+. The highest BCUT2D eigenvalue weighted by Gasteiger charge is 2.19. The van der Waals surface area contributed by atoms with Gasteiger partial charge in [0.1, 0.15) is 11.2 Å². The highest BCUT2D eigenvalue weighted by atomic mass is 16.3. The van der Waals surface area contributed by atoms with E-state index < -0.39 is 0 Å². The minimum atomic E-state index is 0.471. The first-order chi connectivity index (χ1) is 25.1. The number of aromatic nitrogens is 1. The molecule has 9 rings (SSSR count). The van der Waals surface area contributed by atoms with Crippen molar-refractivity contribution in [2.24, 2.45) is 10.7 Å². The molecule has 0 saturated carbocycles. The van der Waals surface area contributed by atoms with E-state index in [4.69, 9.17) is 15.1 Å². The minimum absolute atomic E-state index is 0.471. The van der Waals surface area contributed by atoms with Gasteiger partial charge < -0.3 is 14.7 Å². The van der Waals surface area contributed by atoms with Crippen molar-refractivity contribution in [1.82, 2.24) is 4.57 Å². The lowest BCUT2D eigenvalue weighted by atomic mass is 9.96. The summed E-state index contributed by atoms with van der Waals surface area (Å²) < 4.78 is 8.91. The van der Waals surface area contributed by atoms with Crippen molar-refractivity contribution >= 4 is 67.3 Å². The lowest BCUT2D eigenvalue weighted by molar-refractivity contribution is 0.668. The average Bonchev–Trinajstić information content (AvgIpc) is 3.60. The molecule has 0 saturated heterocycles. The average molecular weight is 660 g/mol. The summed E-state index contributed by atoms with van der Waals surface area (Å²) in [6.45, 7) is 4.64. The third kappa shape index (κ3) is 5.19. The molecule has 1 aliphatic rings. The molecule has 4 heteroatoms. The van der Waals surface area contributed by atoms with Crippen molar-refractivity contribution in [3.05, 3.63) is 178 Å². The third-order valence-electron chi connectivity index (χ3n) is 10.2. The van der Waals surface area contributed by atoms with E-state index in [1.165, 1.54) is 32.9 Å². The van der Waals surface area contributed by atoms with Crippen molar-refractivity contribution in [2.45, 2.75) is 26.8 Å². The van der Waals surface area contributed by atoms with Crippen LogP contribution >= 0.6 is 0 Å². The van der Waals surface area contributed by atoms with Gasteiger partial charge in [0.2, 0.25) is 0 Å². The van der Waals surface area contributed by atoms with Gasteiger partial charge in [0.15, 0.2) is 0 Å². The number of aryl methyl sites for hydroxylation is 1. The van der Waals surface area contributed by atoms with Crippen LogP contribution in [0, 0.1) is 6.92 Å². The zero-order chi connectivity index (χ0) is 34.5. The highest BCUT2D eigenvalue weighted by molar-refractivity contribution is 6.16. The summed E-state index contributed by atoms with van der Waals surface area (Å²) in [5.41, 5.74) is 21.4. The topological polar surface area (TPSA) is 56.5 Å². The molecule has 0 unspecified atom stereocenters. The Bertz CT molecular complexity index is 2770. The van der Waals surface area contributed by atoms with Crippen molar-refractivity contribution in [3.8, 4) is 5.69 Å². The van der Waals surface area contributed by atoms with Gasteiger partial charge in [0.05, 0.1) is 23.3 Å². The quantitative estimate of drug-likeness (QED) is 0.181. The van der Waals surface area contributed by atoms with Crippen molar-refractivity contribution in [2.75, 3.05) is 0 Å². The predicted molar refractivity (Wildman–Crippen MR) is 215 cm³/mol. The van der Waals surface area contributed by atoms with E-state index in [-0.39, 0.29) is 0 Å². The molecule has 2 heterocycles. The molecule has 0 fully saturated rings. The third-order valence-corrected chi connectivity index (χ3v) is 10.2. The number of benzene rings is 6. The number of allylic oxidation sites excluding steroid dienone is 3. The SMILES string of the molecule is CC(/C(=N\Cc1cccc2oc3ccc(-n4c5ccccc5c5ccc6c(c54)C=CCC=C6)cc3c12)c1ccccc1)=C(/N)c1ccccc1C. The van der Waals surface area contributed by atoms with E-state index in [1.807, 2.05) is 30.3 Å². The maximum atomic E-state index is 6.86. The number of aliphatic imine (C=N–C) groups is 1. The van der Waals surface area contributed by atoms with E-state index in [1.54, 1.807) is 0 Å². The Labute approximate surface area is 297 Å². The number of hydrogen-bond acceptors (Lipinski definition) is 3. The van der Waals surface area contributed by atoms with Gasteiger partial charge in [0.25, 0.3) is 0 Å². The van der Waals surface area contributed by atoms with Crippen LogP contribution in [0.4, 0.5) is 0 Å². The smallest absolute Gasteiger partial charge is 0.135 e. The largest absolute Gasteiger partial charge is 0.456 e. The molecule has 0 spiro atoms. The summed E-state index contributed by atoms with van der Waals surface area (Å²) in [6, 6.07) is 44.7. The molecule has 0 amide bonds. The van der Waals surface area contributed by atoms with Crippen molar-refractivity contribution < 1.29 is 4.42 Å². The molecule has 246 valence electrons. The molecule has 0 radical (unpaired) electrons. The van der Waals surface area contributed by atoms with Gasteiger partial charge in [-0.3, -0.25) is 4.99 Å². The second kappa shape index (κ2) is 12.5. The Kier molecular flexibility index (Phi) is 7.51. The lowest BCUT2D eigenvalue weighted by Gasteiger charge is -2.14. The molecule has 0 atom stereocenters. The highest BCUT2D eigenvalue weighted by Crippen LogP contribution is 2.39. The van der Waals surface area contributed by atoms with Crippen LogP contribution in [0.2, 0.25) is 0 Å². The van der Waals surface area contributed by atoms with E-state index in [9.17, 15) is 0 Å². The summed E-state index contributed by atoms with van der Waals surface area (Å²) in [5.74, 6) is 0. The second-order valence-corrected chi connectivity index (χ2v) is 13.3. The fraction of sp³-hybridized carbons (Fsp3) is 0.0851. The van der Waals surface area contributed by atoms with Crippen molar-refractivity contribution in [1.29, 1.82) is 0 Å². The van der Waals surface area contributed by atoms with Crippen LogP contribution < -0.4 is 5.73 Å². The summed E-state index contributed by atoms with van der Waals surface area (Å²) in [4.78, 5) is 5.31. The van der Waals surface area contributed by atoms with Gasteiger partial charge in [-0.2, -0.15) is 0 Å². The fourth-order valence-corrected chi connectivity index (χ4v) is 7.70. The number of fused-ring (bicyclic) bond motifs is 8. The Morgan fingerprint density at radius 1 is 0.745 bits per heavy atom. The van der Waals surface area contributed by atoms with Crippen LogP contribution in [0.1, 0.15) is 46.7 Å². The van der Waals surface area contributed by atoms with Gasteiger partial charge in [-0.15, -0.1) is 0 Å². The summed E-state index contributed by atoms with van der Waals surface area (Å²) in [5, 5.41) is 4.65. The van der Waals surface area contributed by atoms with Gasteiger partial charge in [-0.25, -0.2) is 0 Å². The first kappa shape index (κ1) is 30.7. The van der Waals surface area contributed by atoms with Crippen LogP contribution in [0.3, 0.4) is 0 Å². The first-order valence-corrected chi connectivity index (χ1v) is 17.5. The number of para-hydroxylation sites is 1. The first-order valence-electron chi connectivity index (χ1n) is 17.5. The molecular weight excluding hydrogens is 623 g/mol. The Morgan fingerprint density at radius 3 is 2.43 bits per heavy atom. The van der Waals surface area contributed by atoms with Crippen molar-refractivity contribution in [3.63, 3.8) is 0 Å². The maximum Gasteiger partial charge on any atom is 0.135 e. The normalized spacial score (nSPS) is 13.6. The number of nitrogens with two attached hydrogens (primary N) is 1. The number of rotatable bonds is 6. The molecule has 0 aliphatic heterocycles. The van der Waals surface area contributed by atoms with Crippen LogP contribution in [0.5, 0.6) is 0 Å². The number of hydrogen-bond donors (Lipinski definition) is 1. The molecule has 0 bridgehead atoms. The molecule has 2 aromatic heterocycles. The summed E-state index contributed by atoms with van der Waals surface area (Å²) in [7, 11) is 0. The minimum Gasteiger partial charge on any atom is -0.456 e. The number of furan rings is 1. The van der Waals surface area contributed by atoms with Crippen LogP contribution in [0.25, 0.3) is 67.3 Å². The van der Waals surface area contributed by atoms with E-state index in [0.29, 0.717) is 6.54 Å². The molecular formula is C47H37N3O. The second-order valence-electron chi connectivity index (χ2n) is 13.3. The maximum absolute atomic E-state index is 6.86. The predicted octanol–water partition coefficient (Wildman–Crippen LogP) is 11.8. The molecule has 4 nitrogen and oxygen atoms in total. The van der Waals surface area contributed by atoms with Gasteiger partial charge in [-0.1, -0.05) is 121 Å². The molecule has 2 N–H and O–H groups in total. The number of nitrogens with zero attached hydrogens (tertiary/aromatic N) is 2. The van der Waals surface area contributed by atoms with Crippen LogP contribution in [-0.2, 0) is 6.54 Å².